The number of hydrogen-bond acceptors (Lipinski definition) is 5. The summed E-state index contributed by atoms with van der Waals surface area (Å²) in [4.78, 5) is 18.0. The van der Waals surface area contributed by atoms with Crippen molar-refractivity contribution in [3.63, 3.8) is 0 Å². The highest BCUT2D eigenvalue weighted by Crippen LogP contribution is 2.18. The van der Waals surface area contributed by atoms with Crippen LogP contribution in [0.15, 0.2) is 5.38 Å². The van der Waals surface area contributed by atoms with E-state index in [-0.39, 0.29) is 5.91 Å². The van der Waals surface area contributed by atoms with Gasteiger partial charge in [0.05, 0.1) is 5.69 Å². The molecular weight excluding hydrogens is 284 g/mol. The summed E-state index contributed by atoms with van der Waals surface area (Å²) in [6, 6.07) is 0. The van der Waals surface area contributed by atoms with Gasteiger partial charge in [-0.05, 0) is 44.8 Å². The largest absolute Gasteiger partial charge is 0.316 e. The number of anilines is 1. The highest BCUT2D eigenvalue weighted by Gasteiger charge is 2.17. The molecule has 118 valence electrons. The lowest BCUT2D eigenvalue weighted by molar-refractivity contribution is -0.114. The van der Waals surface area contributed by atoms with Gasteiger partial charge in [-0.2, -0.15) is 0 Å². The van der Waals surface area contributed by atoms with Crippen LogP contribution in [0.25, 0.3) is 0 Å². The van der Waals surface area contributed by atoms with Crippen LogP contribution in [-0.4, -0.2) is 42.0 Å². The zero-order valence-electron chi connectivity index (χ0n) is 13.0. The van der Waals surface area contributed by atoms with Crippen molar-refractivity contribution in [1.29, 1.82) is 0 Å². The van der Waals surface area contributed by atoms with Crippen molar-refractivity contribution in [2.24, 2.45) is 5.92 Å². The van der Waals surface area contributed by atoms with Crippen molar-refractivity contribution in [3.05, 3.63) is 11.1 Å². The van der Waals surface area contributed by atoms with Crippen LogP contribution in [0.5, 0.6) is 0 Å². The van der Waals surface area contributed by atoms with Gasteiger partial charge in [0.1, 0.15) is 0 Å². The van der Waals surface area contributed by atoms with Crippen molar-refractivity contribution in [3.8, 4) is 0 Å². The second kappa shape index (κ2) is 8.46. The van der Waals surface area contributed by atoms with E-state index in [1.54, 1.807) is 0 Å². The minimum atomic E-state index is -0.0606. The molecule has 1 unspecified atom stereocenters. The van der Waals surface area contributed by atoms with Gasteiger partial charge >= 0.3 is 0 Å². The fraction of sp³-hybridized carbons (Fsp3) is 0.733. The summed E-state index contributed by atoms with van der Waals surface area (Å²) in [6.07, 6.45) is 3.76. The monoisotopic (exact) mass is 310 g/mol. The molecule has 21 heavy (non-hydrogen) atoms. The molecule has 1 aromatic rings. The summed E-state index contributed by atoms with van der Waals surface area (Å²) in [7, 11) is 0. The van der Waals surface area contributed by atoms with Gasteiger partial charge in [-0.1, -0.05) is 6.92 Å². The molecule has 6 heteroatoms. The number of aromatic nitrogens is 1. The lowest BCUT2D eigenvalue weighted by Crippen LogP contribution is -2.38. The van der Waals surface area contributed by atoms with Crippen LogP contribution < -0.4 is 10.6 Å². The van der Waals surface area contributed by atoms with Crippen LogP contribution in [0.2, 0.25) is 0 Å². The number of hydrogen-bond donors (Lipinski definition) is 2. The van der Waals surface area contributed by atoms with Gasteiger partial charge in [-0.3, -0.25) is 9.69 Å². The summed E-state index contributed by atoms with van der Waals surface area (Å²) >= 11 is 1.50. The summed E-state index contributed by atoms with van der Waals surface area (Å²) < 4.78 is 0. The number of carbonyl (C=O) groups excluding carboxylic acids is 1. The molecule has 1 saturated heterocycles. The summed E-state index contributed by atoms with van der Waals surface area (Å²) in [6.45, 7) is 9.14. The molecule has 5 nitrogen and oxygen atoms in total. The molecule has 1 amide bonds. The predicted octanol–water partition coefficient (Wildman–Crippen LogP) is 2.31. The SMILES string of the molecule is CCCN(Cc1csc(NC(C)=O)n1)CC1CCCNC1. The molecule has 0 spiro atoms. The van der Waals surface area contributed by atoms with E-state index in [9.17, 15) is 4.79 Å². The first-order valence-corrected chi connectivity index (χ1v) is 8.70. The normalized spacial score (nSPS) is 18.9. The minimum Gasteiger partial charge on any atom is -0.316 e. The Hall–Kier alpha value is -0.980. The average molecular weight is 310 g/mol. The van der Waals surface area contributed by atoms with E-state index >= 15 is 0 Å². The number of rotatable bonds is 7. The van der Waals surface area contributed by atoms with Gasteiger partial charge in [-0.15, -0.1) is 11.3 Å². The van der Waals surface area contributed by atoms with Crippen molar-refractivity contribution >= 4 is 22.4 Å². The molecule has 1 aromatic heterocycles. The van der Waals surface area contributed by atoms with E-state index in [0.717, 1.165) is 50.8 Å². The number of piperidine rings is 1. The van der Waals surface area contributed by atoms with Crippen LogP contribution in [0.4, 0.5) is 5.13 Å². The molecule has 0 bridgehead atoms. The van der Waals surface area contributed by atoms with Crippen molar-refractivity contribution in [2.75, 3.05) is 31.5 Å². The molecule has 1 aliphatic heterocycles. The van der Waals surface area contributed by atoms with Crippen LogP contribution in [0, 0.1) is 5.92 Å². The molecular formula is C15H26N4OS. The van der Waals surface area contributed by atoms with Crippen LogP contribution in [-0.2, 0) is 11.3 Å². The Morgan fingerprint density at radius 1 is 1.62 bits per heavy atom. The highest BCUT2D eigenvalue weighted by molar-refractivity contribution is 7.13. The Morgan fingerprint density at radius 3 is 3.14 bits per heavy atom. The third-order valence-electron chi connectivity index (χ3n) is 3.68. The Balaban J connectivity index is 1.88. The Bertz CT molecular complexity index is 443. The van der Waals surface area contributed by atoms with E-state index in [4.69, 9.17) is 0 Å². The smallest absolute Gasteiger partial charge is 0.223 e. The zero-order chi connectivity index (χ0) is 15.1. The van der Waals surface area contributed by atoms with Crippen molar-refractivity contribution < 1.29 is 4.79 Å². The number of thiazole rings is 1. The van der Waals surface area contributed by atoms with Gasteiger partial charge < -0.3 is 10.6 Å². The summed E-state index contributed by atoms with van der Waals surface area (Å²) in [5.74, 6) is 0.688. The fourth-order valence-electron chi connectivity index (χ4n) is 2.81. The number of nitrogens with zero attached hydrogens (tertiary/aromatic N) is 2. The summed E-state index contributed by atoms with van der Waals surface area (Å²) in [5.41, 5.74) is 1.06. The van der Waals surface area contributed by atoms with E-state index in [1.807, 2.05) is 5.38 Å². The van der Waals surface area contributed by atoms with Gasteiger partial charge in [0.25, 0.3) is 0 Å². The first-order valence-electron chi connectivity index (χ1n) is 7.82. The lowest BCUT2D eigenvalue weighted by atomic mass is 9.99. The van der Waals surface area contributed by atoms with Crippen LogP contribution in [0.1, 0.15) is 38.8 Å². The number of amides is 1. The maximum Gasteiger partial charge on any atom is 0.223 e. The van der Waals surface area contributed by atoms with Crippen molar-refractivity contribution in [2.45, 2.75) is 39.7 Å². The Morgan fingerprint density at radius 2 is 2.48 bits per heavy atom. The Kier molecular flexibility index (Phi) is 6.60. The number of carbonyl (C=O) groups is 1. The van der Waals surface area contributed by atoms with Gasteiger partial charge in [-0.25, -0.2) is 4.98 Å². The van der Waals surface area contributed by atoms with Gasteiger partial charge in [0, 0.05) is 25.4 Å². The molecule has 0 radical (unpaired) electrons. The molecule has 0 aliphatic carbocycles. The maximum absolute atomic E-state index is 11.0. The molecule has 1 aliphatic rings. The van der Waals surface area contributed by atoms with Crippen LogP contribution in [0.3, 0.4) is 0 Å². The molecule has 0 aromatic carbocycles. The average Bonchev–Trinajstić information content (AvgIpc) is 2.86. The quantitative estimate of drug-likeness (QED) is 0.811. The Labute approximate surface area is 131 Å². The molecule has 0 saturated carbocycles. The van der Waals surface area contributed by atoms with Crippen LogP contribution >= 0.6 is 11.3 Å². The zero-order valence-corrected chi connectivity index (χ0v) is 13.8. The van der Waals surface area contributed by atoms with E-state index < -0.39 is 0 Å². The molecule has 2 heterocycles. The second-order valence-electron chi connectivity index (χ2n) is 5.77. The van der Waals surface area contributed by atoms with Crippen molar-refractivity contribution in [1.82, 2.24) is 15.2 Å². The molecule has 1 atom stereocenters. The van der Waals surface area contributed by atoms with Gasteiger partial charge in [0.2, 0.25) is 5.91 Å². The lowest BCUT2D eigenvalue weighted by Gasteiger charge is -2.29. The summed E-state index contributed by atoms with van der Waals surface area (Å²) in [5, 5.41) is 8.99. The first kappa shape index (κ1) is 16.4. The van der Waals surface area contributed by atoms with E-state index in [2.05, 4.69) is 27.4 Å². The molecule has 2 N–H and O–H groups in total. The fourth-order valence-corrected chi connectivity index (χ4v) is 3.56. The van der Waals surface area contributed by atoms with Gasteiger partial charge in [0.15, 0.2) is 5.13 Å². The minimum absolute atomic E-state index is 0.0606. The third kappa shape index (κ3) is 5.73. The third-order valence-corrected chi connectivity index (χ3v) is 4.48. The molecule has 1 fully saturated rings. The predicted molar refractivity (Wildman–Crippen MR) is 87.6 cm³/mol. The van der Waals surface area contributed by atoms with E-state index in [1.165, 1.54) is 31.1 Å². The highest BCUT2D eigenvalue weighted by atomic mass is 32.1. The second-order valence-corrected chi connectivity index (χ2v) is 6.63. The first-order chi connectivity index (χ1) is 10.2. The molecule has 2 rings (SSSR count). The standard InChI is InChI=1S/C15H26N4OS/c1-3-7-19(9-13-5-4-6-16-8-13)10-14-11-21-15(18-14)17-12(2)20/h11,13,16H,3-10H2,1-2H3,(H,17,18,20). The number of nitrogens with one attached hydrogen (secondary N) is 2. The maximum atomic E-state index is 11.0. The van der Waals surface area contributed by atoms with E-state index in [0.29, 0.717) is 5.13 Å². The topological polar surface area (TPSA) is 57.3 Å².